The summed E-state index contributed by atoms with van der Waals surface area (Å²) in [5.74, 6) is -1.82. The largest absolute Gasteiger partial charge is 0.573 e. The zero-order valence-corrected chi connectivity index (χ0v) is 18.3. The maximum absolute atomic E-state index is 14.0. The number of ether oxygens (including phenoxy) is 2. The number of rotatable bonds is 8. The average Bonchev–Trinajstić information content (AvgIpc) is 3.21. The Morgan fingerprint density at radius 1 is 0.944 bits per heavy atom. The van der Waals surface area contributed by atoms with E-state index in [9.17, 15) is 26.3 Å². The number of hydrogen-bond acceptors (Lipinski definition) is 7. The standard InChI is InChI=1S/C22H18F6N6O2/c23-21(24,25)33(17-7-1-2-11-30-17)19-13-31-18-9-8-15(32-34(18)19)14-5-3-6-16(36-22(26,27)28)20(14)35-12-4-10-29/h1-3,5-9,11,13H,4,10,12,29H2. The molecule has 1 aromatic carbocycles. The molecule has 0 unspecified atom stereocenters. The molecule has 0 fully saturated rings. The van der Waals surface area contributed by atoms with Crippen LogP contribution < -0.4 is 20.1 Å². The van der Waals surface area contributed by atoms with Gasteiger partial charge in [0.2, 0.25) is 0 Å². The van der Waals surface area contributed by atoms with Crippen molar-refractivity contribution in [2.45, 2.75) is 19.1 Å². The molecule has 0 aliphatic heterocycles. The van der Waals surface area contributed by atoms with E-state index in [1.807, 2.05) is 0 Å². The van der Waals surface area contributed by atoms with Crippen LogP contribution in [0.3, 0.4) is 0 Å². The van der Waals surface area contributed by atoms with Gasteiger partial charge in [-0.2, -0.15) is 9.61 Å². The van der Waals surface area contributed by atoms with Crippen molar-refractivity contribution in [2.75, 3.05) is 18.1 Å². The van der Waals surface area contributed by atoms with E-state index in [-0.39, 0.29) is 40.7 Å². The third-order valence-corrected chi connectivity index (χ3v) is 4.78. The summed E-state index contributed by atoms with van der Waals surface area (Å²) in [5.41, 5.74) is 5.58. The Labute approximate surface area is 199 Å². The highest BCUT2D eigenvalue weighted by Gasteiger charge is 2.41. The third kappa shape index (κ3) is 5.43. The summed E-state index contributed by atoms with van der Waals surface area (Å²) < 4.78 is 91.6. The van der Waals surface area contributed by atoms with E-state index < -0.39 is 30.0 Å². The van der Waals surface area contributed by atoms with E-state index in [2.05, 4.69) is 19.8 Å². The van der Waals surface area contributed by atoms with E-state index in [0.717, 1.165) is 22.8 Å². The number of aromatic nitrogens is 4. The molecule has 4 aromatic rings. The number of benzene rings is 1. The zero-order valence-electron chi connectivity index (χ0n) is 18.3. The summed E-state index contributed by atoms with van der Waals surface area (Å²) in [6, 6.07) is 10.5. The summed E-state index contributed by atoms with van der Waals surface area (Å²) in [6.45, 7) is 0.197. The number of anilines is 2. The summed E-state index contributed by atoms with van der Waals surface area (Å²) in [6.07, 6.45) is -7.39. The fraction of sp³-hybridized carbons (Fsp3) is 0.227. The lowest BCUT2D eigenvalue weighted by Crippen LogP contribution is -2.35. The van der Waals surface area contributed by atoms with Gasteiger partial charge in [-0.15, -0.1) is 26.3 Å². The number of hydrogen-bond donors (Lipinski definition) is 1. The van der Waals surface area contributed by atoms with E-state index >= 15 is 0 Å². The van der Waals surface area contributed by atoms with Crippen LogP contribution in [0.4, 0.5) is 38.0 Å². The van der Waals surface area contributed by atoms with Crippen molar-refractivity contribution in [3.63, 3.8) is 0 Å². The number of fused-ring (bicyclic) bond motifs is 1. The first-order chi connectivity index (χ1) is 17.1. The summed E-state index contributed by atoms with van der Waals surface area (Å²) in [7, 11) is 0. The second-order valence-corrected chi connectivity index (χ2v) is 7.27. The molecule has 0 spiro atoms. The fourth-order valence-corrected chi connectivity index (χ4v) is 3.35. The van der Waals surface area contributed by atoms with E-state index in [4.69, 9.17) is 10.5 Å². The van der Waals surface area contributed by atoms with Crippen LogP contribution in [0.1, 0.15) is 6.42 Å². The lowest BCUT2D eigenvalue weighted by molar-refractivity contribution is -0.275. The van der Waals surface area contributed by atoms with Gasteiger partial charge in [0.05, 0.1) is 18.5 Å². The predicted molar refractivity (Wildman–Crippen MR) is 117 cm³/mol. The number of alkyl halides is 6. The molecule has 0 bridgehead atoms. The number of nitrogens with zero attached hydrogens (tertiary/aromatic N) is 5. The van der Waals surface area contributed by atoms with Gasteiger partial charge in [0.15, 0.2) is 23.0 Å². The molecule has 0 saturated carbocycles. The Morgan fingerprint density at radius 3 is 2.42 bits per heavy atom. The van der Waals surface area contributed by atoms with Crippen molar-refractivity contribution in [3.8, 4) is 22.8 Å². The van der Waals surface area contributed by atoms with E-state index in [1.165, 1.54) is 42.6 Å². The number of nitrogens with two attached hydrogens (primary N) is 1. The van der Waals surface area contributed by atoms with Crippen molar-refractivity contribution in [1.29, 1.82) is 0 Å². The van der Waals surface area contributed by atoms with Gasteiger partial charge in [0.25, 0.3) is 0 Å². The molecule has 0 atom stereocenters. The minimum Gasteiger partial charge on any atom is -0.489 e. The molecule has 0 aliphatic carbocycles. The minimum atomic E-state index is -5.00. The molecule has 3 aromatic heterocycles. The Bertz CT molecular complexity index is 1330. The third-order valence-electron chi connectivity index (χ3n) is 4.78. The minimum absolute atomic E-state index is 0.00831. The first-order valence-corrected chi connectivity index (χ1v) is 10.4. The van der Waals surface area contributed by atoms with Gasteiger partial charge in [0, 0.05) is 11.8 Å². The second kappa shape index (κ2) is 9.89. The Morgan fingerprint density at radius 2 is 1.75 bits per heavy atom. The molecule has 8 nitrogen and oxygen atoms in total. The molecule has 190 valence electrons. The van der Waals surface area contributed by atoms with Gasteiger partial charge < -0.3 is 15.2 Å². The number of halogens is 6. The molecule has 4 rings (SSSR count). The van der Waals surface area contributed by atoms with Gasteiger partial charge in [-0.05, 0) is 49.4 Å². The lowest BCUT2D eigenvalue weighted by Gasteiger charge is -2.24. The van der Waals surface area contributed by atoms with Crippen LogP contribution in [0.5, 0.6) is 11.5 Å². The second-order valence-electron chi connectivity index (χ2n) is 7.27. The molecule has 14 heteroatoms. The smallest absolute Gasteiger partial charge is 0.489 e. The molecular weight excluding hydrogens is 494 g/mol. The van der Waals surface area contributed by atoms with Gasteiger partial charge in [0.1, 0.15) is 5.82 Å². The molecular formula is C22H18F6N6O2. The van der Waals surface area contributed by atoms with Crippen LogP contribution in [-0.2, 0) is 0 Å². The molecule has 36 heavy (non-hydrogen) atoms. The summed E-state index contributed by atoms with van der Waals surface area (Å²) >= 11 is 0. The van der Waals surface area contributed by atoms with Crippen molar-refractivity contribution in [1.82, 2.24) is 19.6 Å². The Hall–Kier alpha value is -4.07. The van der Waals surface area contributed by atoms with Crippen LogP contribution in [0.2, 0.25) is 0 Å². The highest BCUT2D eigenvalue weighted by Crippen LogP contribution is 2.41. The average molecular weight is 512 g/mol. The maximum Gasteiger partial charge on any atom is 0.573 e. The van der Waals surface area contributed by atoms with Gasteiger partial charge in [-0.1, -0.05) is 12.1 Å². The molecule has 2 N–H and O–H groups in total. The molecule has 0 radical (unpaired) electrons. The Balaban J connectivity index is 1.85. The SMILES string of the molecule is NCCCOc1c(OC(F)(F)F)cccc1-c1ccc2ncc(N(c3ccccn3)C(F)(F)F)n2n1. The van der Waals surface area contributed by atoms with Crippen LogP contribution in [0.25, 0.3) is 16.9 Å². The molecule has 0 aliphatic rings. The van der Waals surface area contributed by atoms with Crippen LogP contribution in [0, 0.1) is 0 Å². The van der Waals surface area contributed by atoms with Crippen LogP contribution in [-0.4, -0.2) is 45.4 Å². The molecule has 0 saturated heterocycles. The van der Waals surface area contributed by atoms with E-state index in [0.29, 0.717) is 6.42 Å². The summed E-state index contributed by atoms with van der Waals surface area (Å²) in [4.78, 5) is 7.74. The van der Waals surface area contributed by atoms with Crippen molar-refractivity contribution < 1.29 is 35.8 Å². The van der Waals surface area contributed by atoms with Gasteiger partial charge >= 0.3 is 12.7 Å². The first kappa shape index (κ1) is 25.0. The van der Waals surface area contributed by atoms with Crippen LogP contribution in [0.15, 0.2) is 60.9 Å². The predicted octanol–water partition coefficient (Wildman–Crippen LogP) is 5.08. The van der Waals surface area contributed by atoms with Crippen LogP contribution >= 0.6 is 0 Å². The fourth-order valence-electron chi connectivity index (χ4n) is 3.35. The molecule has 0 amide bonds. The quantitative estimate of drug-likeness (QED) is 0.200. The van der Waals surface area contributed by atoms with Crippen molar-refractivity contribution in [3.05, 3.63) is 60.9 Å². The van der Waals surface area contributed by atoms with Gasteiger partial charge in [-0.25, -0.2) is 14.9 Å². The van der Waals surface area contributed by atoms with Crippen molar-refractivity contribution >= 4 is 17.3 Å². The lowest BCUT2D eigenvalue weighted by atomic mass is 10.1. The van der Waals surface area contributed by atoms with Gasteiger partial charge in [-0.3, -0.25) is 0 Å². The summed E-state index contributed by atoms with van der Waals surface area (Å²) in [5, 5.41) is 4.24. The monoisotopic (exact) mass is 512 g/mol. The normalized spacial score (nSPS) is 12.1. The molecule has 3 heterocycles. The Kier molecular flexibility index (Phi) is 6.88. The zero-order chi connectivity index (χ0) is 25.9. The number of imidazole rings is 1. The number of para-hydroxylation sites is 1. The highest BCUT2D eigenvalue weighted by molar-refractivity contribution is 5.72. The number of pyridine rings is 1. The topological polar surface area (TPSA) is 90.8 Å². The highest BCUT2D eigenvalue weighted by atomic mass is 19.4. The maximum atomic E-state index is 14.0. The van der Waals surface area contributed by atoms with E-state index in [1.54, 1.807) is 0 Å². The first-order valence-electron chi connectivity index (χ1n) is 10.4. The van der Waals surface area contributed by atoms with Crippen molar-refractivity contribution in [2.24, 2.45) is 5.73 Å².